The van der Waals surface area contributed by atoms with Crippen LogP contribution in [0.25, 0.3) is 0 Å². The standard InChI is InChI=1S/C14H23ClN2O2/c1-4-10-13(15)11(17(2)16-10)9-14(18)8-6-5-7-12(14)19-3/h12,18H,4-9H2,1-3H3. The van der Waals surface area contributed by atoms with Gasteiger partial charge in [-0.05, 0) is 19.3 Å². The van der Waals surface area contributed by atoms with E-state index in [4.69, 9.17) is 16.3 Å². The van der Waals surface area contributed by atoms with Crippen molar-refractivity contribution in [1.29, 1.82) is 0 Å². The van der Waals surface area contributed by atoms with Crippen molar-refractivity contribution < 1.29 is 9.84 Å². The summed E-state index contributed by atoms with van der Waals surface area (Å²) in [4.78, 5) is 0. The van der Waals surface area contributed by atoms with Crippen LogP contribution in [0, 0.1) is 0 Å². The van der Waals surface area contributed by atoms with Crippen molar-refractivity contribution in [3.05, 3.63) is 16.4 Å². The molecule has 2 atom stereocenters. The molecule has 1 aromatic rings. The summed E-state index contributed by atoms with van der Waals surface area (Å²) in [7, 11) is 3.55. The second-order valence-corrected chi connectivity index (χ2v) is 5.81. The number of aromatic nitrogens is 2. The Morgan fingerprint density at radius 1 is 1.53 bits per heavy atom. The summed E-state index contributed by atoms with van der Waals surface area (Å²) < 4.78 is 7.26. The molecule has 1 aliphatic rings. The average Bonchev–Trinajstić information content (AvgIpc) is 2.66. The summed E-state index contributed by atoms with van der Waals surface area (Å²) >= 11 is 6.37. The molecule has 1 fully saturated rings. The first-order valence-electron chi connectivity index (χ1n) is 6.97. The van der Waals surface area contributed by atoms with Crippen LogP contribution in [0.5, 0.6) is 0 Å². The molecule has 1 saturated carbocycles. The number of hydrogen-bond donors (Lipinski definition) is 1. The molecule has 0 bridgehead atoms. The van der Waals surface area contributed by atoms with Gasteiger partial charge >= 0.3 is 0 Å². The summed E-state index contributed by atoms with van der Waals surface area (Å²) in [5.74, 6) is 0. The third kappa shape index (κ3) is 2.81. The Balaban J connectivity index is 2.26. The number of aliphatic hydroxyl groups is 1. The molecular weight excluding hydrogens is 264 g/mol. The molecule has 0 aliphatic heterocycles. The molecule has 1 heterocycles. The van der Waals surface area contributed by atoms with Crippen LogP contribution in [0.1, 0.15) is 44.0 Å². The first kappa shape index (κ1) is 14.8. The van der Waals surface area contributed by atoms with Gasteiger partial charge in [0.25, 0.3) is 0 Å². The molecule has 1 aromatic heterocycles. The largest absolute Gasteiger partial charge is 0.387 e. The normalized spacial score (nSPS) is 27.7. The summed E-state index contributed by atoms with van der Waals surface area (Å²) in [5, 5.41) is 16.0. The first-order chi connectivity index (χ1) is 9.01. The fraction of sp³-hybridized carbons (Fsp3) is 0.786. The Morgan fingerprint density at radius 3 is 2.84 bits per heavy atom. The van der Waals surface area contributed by atoms with E-state index in [0.717, 1.165) is 43.5 Å². The number of halogens is 1. The zero-order valence-electron chi connectivity index (χ0n) is 11.9. The molecule has 0 spiro atoms. The maximum Gasteiger partial charge on any atom is 0.0963 e. The third-order valence-electron chi connectivity index (χ3n) is 4.19. The predicted molar refractivity (Wildman–Crippen MR) is 75.5 cm³/mol. The van der Waals surface area contributed by atoms with Crippen molar-refractivity contribution in [3.8, 4) is 0 Å². The molecule has 4 nitrogen and oxygen atoms in total. The highest BCUT2D eigenvalue weighted by Crippen LogP contribution is 2.35. The Morgan fingerprint density at radius 2 is 2.26 bits per heavy atom. The van der Waals surface area contributed by atoms with E-state index < -0.39 is 5.60 Å². The molecule has 19 heavy (non-hydrogen) atoms. The lowest BCUT2D eigenvalue weighted by atomic mass is 9.79. The topological polar surface area (TPSA) is 47.3 Å². The van der Waals surface area contributed by atoms with Gasteiger partial charge in [-0.2, -0.15) is 5.10 Å². The molecule has 5 heteroatoms. The van der Waals surface area contributed by atoms with Crippen LogP contribution in [0.15, 0.2) is 0 Å². The van der Waals surface area contributed by atoms with Gasteiger partial charge in [-0.15, -0.1) is 0 Å². The minimum Gasteiger partial charge on any atom is -0.387 e. The van der Waals surface area contributed by atoms with Gasteiger partial charge in [-0.1, -0.05) is 31.4 Å². The molecule has 0 aromatic carbocycles. The van der Waals surface area contributed by atoms with Gasteiger partial charge in [0, 0.05) is 20.6 Å². The van der Waals surface area contributed by atoms with Gasteiger partial charge in [0.05, 0.1) is 28.1 Å². The lowest BCUT2D eigenvalue weighted by Crippen LogP contribution is -2.48. The quantitative estimate of drug-likeness (QED) is 0.925. The van der Waals surface area contributed by atoms with Gasteiger partial charge in [-0.3, -0.25) is 4.68 Å². The number of hydrogen-bond acceptors (Lipinski definition) is 3. The number of nitrogens with zero attached hydrogens (tertiary/aromatic N) is 2. The van der Waals surface area contributed by atoms with Crippen molar-refractivity contribution in [2.24, 2.45) is 7.05 Å². The molecule has 1 N–H and O–H groups in total. The molecule has 108 valence electrons. The number of methoxy groups -OCH3 is 1. The van der Waals surface area contributed by atoms with Gasteiger partial charge in [-0.25, -0.2) is 0 Å². The van der Waals surface area contributed by atoms with Crippen molar-refractivity contribution >= 4 is 11.6 Å². The minimum absolute atomic E-state index is 0.114. The first-order valence-corrected chi connectivity index (χ1v) is 7.35. The highest BCUT2D eigenvalue weighted by Gasteiger charge is 2.40. The average molecular weight is 287 g/mol. The van der Waals surface area contributed by atoms with Crippen LogP contribution in [-0.4, -0.2) is 33.7 Å². The van der Waals surface area contributed by atoms with Crippen LogP contribution >= 0.6 is 11.6 Å². The van der Waals surface area contributed by atoms with Crippen LogP contribution in [0.3, 0.4) is 0 Å². The smallest absolute Gasteiger partial charge is 0.0963 e. The lowest BCUT2D eigenvalue weighted by molar-refractivity contribution is -0.116. The highest BCUT2D eigenvalue weighted by atomic mass is 35.5. The summed E-state index contributed by atoms with van der Waals surface area (Å²) in [6.45, 7) is 2.03. The number of aryl methyl sites for hydroxylation is 2. The SMILES string of the molecule is CCc1nn(C)c(CC2(O)CCCCC2OC)c1Cl. The van der Waals surface area contributed by atoms with E-state index in [1.54, 1.807) is 11.8 Å². The third-order valence-corrected chi connectivity index (χ3v) is 4.62. The van der Waals surface area contributed by atoms with Crippen molar-refractivity contribution in [1.82, 2.24) is 9.78 Å². The monoisotopic (exact) mass is 286 g/mol. The zero-order valence-corrected chi connectivity index (χ0v) is 12.7. The Kier molecular flexibility index (Phi) is 4.54. The summed E-state index contributed by atoms with van der Waals surface area (Å²) in [6, 6.07) is 0. The Labute approximate surface area is 119 Å². The molecule has 0 saturated heterocycles. The van der Waals surface area contributed by atoms with E-state index in [9.17, 15) is 5.11 Å². The van der Waals surface area contributed by atoms with E-state index in [0.29, 0.717) is 11.4 Å². The van der Waals surface area contributed by atoms with Crippen molar-refractivity contribution in [3.63, 3.8) is 0 Å². The summed E-state index contributed by atoms with van der Waals surface area (Å²) in [5.41, 5.74) is 0.979. The van der Waals surface area contributed by atoms with E-state index in [2.05, 4.69) is 5.10 Å². The van der Waals surface area contributed by atoms with Gasteiger partial charge < -0.3 is 9.84 Å². The maximum absolute atomic E-state index is 10.9. The summed E-state index contributed by atoms with van der Waals surface area (Å²) in [6.07, 6.45) is 5.01. The van der Waals surface area contributed by atoms with E-state index >= 15 is 0 Å². The molecule has 1 aliphatic carbocycles. The van der Waals surface area contributed by atoms with Crippen LogP contribution in [-0.2, 0) is 24.6 Å². The van der Waals surface area contributed by atoms with Gasteiger partial charge in [0.2, 0.25) is 0 Å². The fourth-order valence-electron chi connectivity index (χ4n) is 3.03. The van der Waals surface area contributed by atoms with Crippen LogP contribution in [0.2, 0.25) is 5.02 Å². The van der Waals surface area contributed by atoms with Crippen molar-refractivity contribution in [2.45, 2.75) is 57.2 Å². The molecule has 2 rings (SSSR count). The second kappa shape index (κ2) is 5.81. The van der Waals surface area contributed by atoms with Crippen LogP contribution < -0.4 is 0 Å². The fourth-order valence-corrected chi connectivity index (χ4v) is 3.39. The lowest BCUT2D eigenvalue weighted by Gasteiger charge is -2.39. The minimum atomic E-state index is -0.824. The Bertz CT molecular complexity index is 447. The number of rotatable bonds is 4. The zero-order chi connectivity index (χ0) is 14.0. The maximum atomic E-state index is 10.9. The van der Waals surface area contributed by atoms with E-state index in [1.807, 2.05) is 14.0 Å². The number of ether oxygens (including phenoxy) is 1. The molecule has 0 radical (unpaired) electrons. The predicted octanol–water partition coefficient (Wildman–Crippen LogP) is 2.50. The van der Waals surface area contributed by atoms with E-state index in [1.165, 1.54) is 0 Å². The molecular formula is C14H23ClN2O2. The van der Waals surface area contributed by atoms with Gasteiger partial charge in [0.15, 0.2) is 0 Å². The Hall–Kier alpha value is -0.580. The van der Waals surface area contributed by atoms with Crippen molar-refractivity contribution in [2.75, 3.05) is 7.11 Å². The van der Waals surface area contributed by atoms with E-state index in [-0.39, 0.29) is 6.10 Å². The molecule has 2 unspecified atom stereocenters. The van der Waals surface area contributed by atoms with Crippen LogP contribution in [0.4, 0.5) is 0 Å². The van der Waals surface area contributed by atoms with Gasteiger partial charge in [0.1, 0.15) is 0 Å². The highest BCUT2D eigenvalue weighted by molar-refractivity contribution is 6.31. The second-order valence-electron chi connectivity index (χ2n) is 5.44. The molecule has 0 amide bonds.